The number of hydrogen-bond donors (Lipinski definition) is 3. The summed E-state index contributed by atoms with van der Waals surface area (Å²) in [4.78, 5) is 43.0. The summed E-state index contributed by atoms with van der Waals surface area (Å²) in [5.41, 5.74) is 0.257. The van der Waals surface area contributed by atoms with E-state index in [9.17, 15) is 14.4 Å². The zero-order chi connectivity index (χ0) is 27.8. The second-order valence-corrected chi connectivity index (χ2v) is 11.8. The van der Waals surface area contributed by atoms with Crippen molar-refractivity contribution in [1.82, 2.24) is 20.9 Å². The molecular weight excluding hydrogens is 512 g/mol. The van der Waals surface area contributed by atoms with Crippen LogP contribution in [0, 0.1) is 5.41 Å². The number of rotatable bonds is 5. The van der Waals surface area contributed by atoms with Crippen LogP contribution in [0.1, 0.15) is 56.9 Å². The molecule has 220 valence electrons. The Morgan fingerprint density at radius 1 is 0.975 bits per heavy atom. The molecule has 3 N–H and O–H groups in total. The average molecular weight is 557 g/mol. The molecule has 2 atom stereocenters. The molecule has 2 saturated heterocycles. The molecule has 40 heavy (non-hydrogen) atoms. The molecule has 0 radical (unpaired) electrons. The second kappa shape index (κ2) is 13.8. The number of hydrogen-bond acceptors (Lipinski definition) is 7. The zero-order valence-corrected chi connectivity index (χ0v) is 23.5. The Hall–Kier alpha value is -2.69. The van der Waals surface area contributed by atoms with E-state index in [1.165, 1.54) is 0 Å². The van der Waals surface area contributed by atoms with Crippen LogP contribution in [0.3, 0.4) is 0 Å². The summed E-state index contributed by atoms with van der Waals surface area (Å²) in [6.45, 7) is 4.69. The van der Waals surface area contributed by atoms with Gasteiger partial charge in [0.15, 0.2) is 0 Å². The van der Waals surface area contributed by atoms with E-state index in [1.807, 2.05) is 24.3 Å². The molecule has 3 amide bonds. The quantitative estimate of drug-likeness (QED) is 0.504. The van der Waals surface area contributed by atoms with E-state index in [2.05, 4.69) is 20.9 Å². The number of carbonyl (C=O) groups is 3. The van der Waals surface area contributed by atoms with Gasteiger partial charge in [0.2, 0.25) is 17.7 Å². The molecule has 1 aromatic carbocycles. The fourth-order valence-corrected chi connectivity index (χ4v) is 6.07. The van der Waals surface area contributed by atoms with Crippen LogP contribution in [0.4, 0.5) is 0 Å². The van der Waals surface area contributed by atoms with E-state index in [1.54, 1.807) is 0 Å². The SMILES string of the molecule is O=C(NC1CCCC1)[C@@H]1CCCCOc2cccc(c2)CC2(COC2)C(=O)N[C@@H](CCN2CCOCC2)C(=O)N1. The van der Waals surface area contributed by atoms with Crippen LogP contribution < -0.4 is 20.7 Å². The van der Waals surface area contributed by atoms with E-state index in [-0.39, 0.29) is 23.8 Å². The number of fused-ring (bicyclic) bond motifs is 2. The van der Waals surface area contributed by atoms with Crippen molar-refractivity contribution in [2.24, 2.45) is 5.41 Å². The number of carbonyl (C=O) groups excluding carboxylic acids is 3. The van der Waals surface area contributed by atoms with Crippen molar-refractivity contribution in [1.29, 1.82) is 0 Å². The first-order valence-corrected chi connectivity index (χ1v) is 15.0. The van der Waals surface area contributed by atoms with Gasteiger partial charge in [0.1, 0.15) is 17.8 Å². The highest BCUT2D eigenvalue weighted by atomic mass is 16.5. The maximum Gasteiger partial charge on any atom is 0.243 e. The van der Waals surface area contributed by atoms with E-state index in [0.29, 0.717) is 58.8 Å². The van der Waals surface area contributed by atoms with Crippen molar-refractivity contribution >= 4 is 17.7 Å². The van der Waals surface area contributed by atoms with Crippen LogP contribution in [-0.4, -0.2) is 93.4 Å². The van der Waals surface area contributed by atoms with Crippen molar-refractivity contribution in [3.63, 3.8) is 0 Å². The summed E-state index contributed by atoms with van der Waals surface area (Å²) >= 11 is 0. The Bertz CT molecular complexity index is 1020. The molecule has 3 aliphatic heterocycles. The van der Waals surface area contributed by atoms with Crippen molar-refractivity contribution in [2.75, 3.05) is 52.7 Å². The van der Waals surface area contributed by atoms with Gasteiger partial charge < -0.3 is 30.2 Å². The highest BCUT2D eigenvalue weighted by Gasteiger charge is 2.47. The maximum absolute atomic E-state index is 13.7. The minimum atomic E-state index is -0.753. The first-order valence-electron chi connectivity index (χ1n) is 15.0. The molecule has 1 spiro atoms. The number of benzene rings is 1. The topological polar surface area (TPSA) is 118 Å². The third-order valence-electron chi connectivity index (χ3n) is 8.63. The third kappa shape index (κ3) is 7.53. The summed E-state index contributed by atoms with van der Waals surface area (Å²) in [5, 5.41) is 9.24. The van der Waals surface area contributed by atoms with Crippen LogP contribution in [0.25, 0.3) is 0 Å². The van der Waals surface area contributed by atoms with Gasteiger partial charge in [0.25, 0.3) is 0 Å². The molecule has 0 unspecified atom stereocenters. The van der Waals surface area contributed by atoms with E-state index >= 15 is 0 Å². The number of nitrogens with one attached hydrogen (secondary N) is 3. The summed E-state index contributed by atoms with van der Waals surface area (Å²) in [5.74, 6) is 0.130. The lowest BCUT2D eigenvalue weighted by atomic mass is 9.78. The highest BCUT2D eigenvalue weighted by Crippen LogP contribution is 2.33. The normalized spacial score (nSPS) is 26.8. The first-order chi connectivity index (χ1) is 19.5. The van der Waals surface area contributed by atoms with E-state index in [0.717, 1.165) is 62.9 Å². The minimum Gasteiger partial charge on any atom is -0.494 e. The lowest BCUT2D eigenvalue weighted by molar-refractivity contribution is -0.163. The highest BCUT2D eigenvalue weighted by molar-refractivity contribution is 5.93. The first kappa shape index (κ1) is 28.8. The summed E-state index contributed by atoms with van der Waals surface area (Å²) in [6, 6.07) is 6.61. The molecule has 1 aliphatic carbocycles. The third-order valence-corrected chi connectivity index (χ3v) is 8.63. The molecule has 1 saturated carbocycles. The number of amides is 3. The molecule has 10 nitrogen and oxygen atoms in total. The standard InChI is InChI=1S/C30H44N4O6/c35-27(31-23-7-1-2-8-23)25-10-3-4-15-40-24-9-5-6-22(18-24)19-30(20-39-21-30)29(37)33-26(28(36)32-25)11-12-34-13-16-38-17-14-34/h5-6,9,18,23,25-26H,1-4,7-8,10-17,19-21H2,(H,31,35)(H,32,36)(H,33,37)/t25-,26-/m0/s1. The number of ether oxygens (including phenoxy) is 3. The Labute approximate surface area is 236 Å². The van der Waals surface area contributed by atoms with Gasteiger partial charge in [-0.15, -0.1) is 0 Å². The molecule has 0 aromatic heterocycles. The van der Waals surface area contributed by atoms with Crippen LogP contribution in [-0.2, 0) is 30.3 Å². The monoisotopic (exact) mass is 556 g/mol. The summed E-state index contributed by atoms with van der Waals surface area (Å²) in [6.07, 6.45) is 7.13. The molecular formula is C30H44N4O6. The Kier molecular flexibility index (Phi) is 9.93. The van der Waals surface area contributed by atoms with E-state index < -0.39 is 17.5 Å². The van der Waals surface area contributed by atoms with Gasteiger partial charge in [-0.05, 0) is 62.6 Å². The van der Waals surface area contributed by atoms with Gasteiger partial charge in [-0.2, -0.15) is 0 Å². The lowest BCUT2D eigenvalue weighted by Crippen LogP contribution is -2.61. The minimum absolute atomic E-state index is 0.142. The van der Waals surface area contributed by atoms with Crippen LogP contribution in [0.15, 0.2) is 24.3 Å². The van der Waals surface area contributed by atoms with E-state index in [4.69, 9.17) is 14.2 Å². The van der Waals surface area contributed by atoms with Crippen LogP contribution in [0.2, 0.25) is 0 Å². The summed E-state index contributed by atoms with van der Waals surface area (Å²) < 4.78 is 17.0. The number of morpholine rings is 1. The van der Waals surface area contributed by atoms with Crippen LogP contribution >= 0.6 is 0 Å². The van der Waals surface area contributed by atoms with Gasteiger partial charge in [-0.1, -0.05) is 25.0 Å². The smallest absolute Gasteiger partial charge is 0.243 e. The fourth-order valence-electron chi connectivity index (χ4n) is 6.07. The van der Waals surface area contributed by atoms with Gasteiger partial charge in [0, 0.05) is 25.7 Å². The molecule has 10 heteroatoms. The molecule has 4 aliphatic rings. The van der Waals surface area contributed by atoms with Crippen molar-refractivity contribution in [3.05, 3.63) is 29.8 Å². The Morgan fingerprint density at radius 2 is 1.75 bits per heavy atom. The summed E-state index contributed by atoms with van der Waals surface area (Å²) in [7, 11) is 0. The number of nitrogens with zero attached hydrogens (tertiary/aromatic N) is 1. The molecule has 5 rings (SSSR count). The zero-order valence-electron chi connectivity index (χ0n) is 23.5. The van der Waals surface area contributed by atoms with Crippen molar-refractivity contribution in [2.45, 2.75) is 75.9 Å². The molecule has 3 heterocycles. The van der Waals surface area contributed by atoms with Gasteiger partial charge in [-0.3, -0.25) is 19.3 Å². The van der Waals surface area contributed by atoms with Crippen LogP contribution in [0.5, 0.6) is 5.75 Å². The average Bonchev–Trinajstić information content (AvgIpc) is 3.45. The largest absolute Gasteiger partial charge is 0.494 e. The molecule has 3 fully saturated rings. The Morgan fingerprint density at radius 3 is 2.50 bits per heavy atom. The van der Waals surface area contributed by atoms with Gasteiger partial charge >= 0.3 is 0 Å². The predicted octanol–water partition coefficient (Wildman–Crippen LogP) is 1.56. The van der Waals surface area contributed by atoms with Crippen molar-refractivity contribution in [3.8, 4) is 5.75 Å². The maximum atomic E-state index is 13.7. The van der Waals surface area contributed by atoms with Gasteiger partial charge in [-0.25, -0.2) is 0 Å². The Balaban J connectivity index is 1.35. The van der Waals surface area contributed by atoms with Crippen molar-refractivity contribution < 1.29 is 28.6 Å². The fraction of sp³-hybridized carbons (Fsp3) is 0.700. The van der Waals surface area contributed by atoms with Gasteiger partial charge in [0.05, 0.1) is 38.4 Å². The lowest BCUT2D eigenvalue weighted by Gasteiger charge is -2.41. The molecule has 2 bridgehead atoms. The predicted molar refractivity (Wildman–Crippen MR) is 149 cm³/mol. The second-order valence-electron chi connectivity index (χ2n) is 11.8. The molecule has 1 aromatic rings.